The first-order valence-electron chi connectivity index (χ1n) is 10.5. The fourth-order valence-electron chi connectivity index (χ4n) is 2.73. The highest BCUT2D eigenvalue weighted by Crippen LogP contribution is 2.04. The molecule has 0 fully saturated rings. The van der Waals surface area contributed by atoms with Crippen molar-refractivity contribution < 1.29 is 34.2 Å². The largest absolute Gasteiger partial charge is 0.481 e. The number of unbranched alkanes of at least 4 members (excludes halogenated alkanes) is 2. The Balaban J connectivity index is 5.04. The smallest absolute Gasteiger partial charge is 0.326 e. The summed E-state index contributed by atoms with van der Waals surface area (Å²) in [7, 11) is 0. The standard InChI is InChI=1S/C19H36N6O7/c1-11(23-17(29)12(22)6-2-4-8-20)16(28)24-13(7-3-5-9-21)18(30)25-14(19(31)32)10-15(26)27/h11-14H,2-10,20-22H2,1H3,(H,23,29)(H,24,28)(H,25,30)(H,26,27)(H,31,32). The van der Waals surface area contributed by atoms with E-state index in [4.69, 9.17) is 27.4 Å². The Labute approximate surface area is 186 Å². The summed E-state index contributed by atoms with van der Waals surface area (Å²) in [5.41, 5.74) is 16.6. The van der Waals surface area contributed by atoms with Gasteiger partial charge in [-0.15, -0.1) is 0 Å². The Morgan fingerprint density at radius 3 is 1.78 bits per heavy atom. The van der Waals surface area contributed by atoms with Crippen molar-refractivity contribution >= 4 is 29.7 Å². The van der Waals surface area contributed by atoms with E-state index in [-0.39, 0.29) is 6.42 Å². The van der Waals surface area contributed by atoms with Crippen molar-refractivity contribution in [2.75, 3.05) is 13.1 Å². The van der Waals surface area contributed by atoms with Crippen molar-refractivity contribution in [1.82, 2.24) is 16.0 Å². The summed E-state index contributed by atoms with van der Waals surface area (Å²) in [5.74, 6) is -4.97. The minimum Gasteiger partial charge on any atom is -0.481 e. The van der Waals surface area contributed by atoms with Gasteiger partial charge in [-0.1, -0.05) is 6.42 Å². The molecule has 0 bridgehead atoms. The molecule has 184 valence electrons. The first-order chi connectivity index (χ1) is 15.0. The quantitative estimate of drug-likeness (QED) is 0.107. The summed E-state index contributed by atoms with van der Waals surface area (Å²) in [6, 6.07) is -4.62. The normalized spacial score (nSPS) is 14.5. The third-order valence-corrected chi connectivity index (χ3v) is 4.63. The first kappa shape index (κ1) is 29.2. The summed E-state index contributed by atoms with van der Waals surface area (Å²) in [5, 5.41) is 25.0. The van der Waals surface area contributed by atoms with Gasteiger partial charge < -0.3 is 43.4 Å². The molecule has 0 rings (SSSR count). The van der Waals surface area contributed by atoms with Gasteiger partial charge in [0.2, 0.25) is 17.7 Å². The van der Waals surface area contributed by atoms with Gasteiger partial charge in [-0.2, -0.15) is 0 Å². The number of nitrogens with two attached hydrogens (primary N) is 3. The van der Waals surface area contributed by atoms with Gasteiger partial charge in [0.05, 0.1) is 12.5 Å². The van der Waals surface area contributed by atoms with Crippen molar-refractivity contribution in [3.8, 4) is 0 Å². The third-order valence-electron chi connectivity index (χ3n) is 4.63. The molecule has 0 aromatic heterocycles. The summed E-state index contributed by atoms with van der Waals surface area (Å²) in [4.78, 5) is 59.2. The molecule has 0 aromatic rings. The highest BCUT2D eigenvalue weighted by atomic mass is 16.4. The van der Waals surface area contributed by atoms with E-state index in [1.807, 2.05) is 0 Å². The van der Waals surface area contributed by atoms with Crippen LogP contribution in [0.15, 0.2) is 0 Å². The van der Waals surface area contributed by atoms with Crippen LogP contribution in [0.2, 0.25) is 0 Å². The van der Waals surface area contributed by atoms with Crippen molar-refractivity contribution in [2.24, 2.45) is 17.2 Å². The Bertz CT molecular complexity index is 646. The molecule has 0 aliphatic heterocycles. The number of carboxylic acid groups (broad SMARTS) is 2. The molecule has 0 saturated carbocycles. The molecule has 11 N–H and O–H groups in total. The maximum Gasteiger partial charge on any atom is 0.326 e. The number of carbonyl (C=O) groups is 5. The maximum atomic E-state index is 12.5. The molecule has 0 aliphatic rings. The highest BCUT2D eigenvalue weighted by Gasteiger charge is 2.29. The van der Waals surface area contributed by atoms with E-state index in [2.05, 4.69) is 16.0 Å². The Morgan fingerprint density at radius 1 is 0.750 bits per heavy atom. The predicted molar refractivity (Wildman–Crippen MR) is 115 cm³/mol. The molecule has 0 saturated heterocycles. The van der Waals surface area contributed by atoms with E-state index >= 15 is 0 Å². The second-order valence-corrected chi connectivity index (χ2v) is 7.46. The predicted octanol–water partition coefficient (Wildman–Crippen LogP) is -2.39. The van der Waals surface area contributed by atoms with Crippen molar-refractivity contribution in [3.05, 3.63) is 0 Å². The number of carbonyl (C=O) groups excluding carboxylic acids is 3. The zero-order valence-corrected chi connectivity index (χ0v) is 18.3. The summed E-state index contributed by atoms with van der Waals surface area (Å²) in [6.07, 6.45) is 2.12. The van der Waals surface area contributed by atoms with Crippen LogP contribution in [0.5, 0.6) is 0 Å². The molecule has 32 heavy (non-hydrogen) atoms. The van der Waals surface area contributed by atoms with Crippen LogP contribution < -0.4 is 33.2 Å². The van der Waals surface area contributed by atoms with Crippen LogP contribution in [-0.2, 0) is 24.0 Å². The van der Waals surface area contributed by atoms with Crippen molar-refractivity contribution in [3.63, 3.8) is 0 Å². The lowest BCUT2D eigenvalue weighted by Crippen LogP contribution is -2.56. The number of hydrogen-bond acceptors (Lipinski definition) is 8. The zero-order valence-electron chi connectivity index (χ0n) is 18.3. The molecule has 13 nitrogen and oxygen atoms in total. The minimum atomic E-state index is -1.66. The fraction of sp³-hybridized carbons (Fsp3) is 0.737. The molecule has 13 heteroatoms. The topological polar surface area (TPSA) is 240 Å². The average molecular weight is 461 g/mol. The maximum absolute atomic E-state index is 12.5. The molecule has 0 spiro atoms. The molecular weight excluding hydrogens is 424 g/mol. The van der Waals surface area contributed by atoms with Gasteiger partial charge >= 0.3 is 11.9 Å². The lowest BCUT2D eigenvalue weighted by atomic mass is 10.1. The Kier molecular flexibility index (Phi) is 14.6. The van der Waals surface area contributed by atoms with Gasteiger partial charge in [0.15, 0.2) is 0 Å². The first-order valence-corrected chi connectivity index (χ1v) is 10.5. The summed E-state index contributed by atoms with van der Waals surface area (Å²) < 4.78 is 0. The molecule has 0 aromatic carbocycles. The summed E-state index contributed by atoms with van der Waals surface area (Å²) in [6.45, 7) is 2.25. The lowest BCUT2D eigenvalue weighted by molar-refractivity contribution is -0.147. The molecule has 0 aliphatic carbocycles. The van der Waals surface area contributed by atoms with Crippen molar-refractivity contribution in [2.45, 2.75) is 76.0 Å². The van der Waals surface area contributed by atoms with Crippen molar-refractivity contribution in [1.29, 1.82) is 0 Å². The van der Waals surface area contributed by atoms with Crippen LogP contribution >= 0.6 is 0 Å². The molecular formula is C19H36N6O7. The van der Waals surface area contributed by atoms with E-state index < -0.39 is 60.2 Å². The van der Waals surface area contributed by atoms with Crippen LogP contribution in [0, 0.1) is 0 Å². The third kappa shape index (κ3) is 12.2. The number of carboxylic acids is 2. The van der Waals surface area contributed by atoms with Crippen LogP contribution in [0.3, 0.4) is 0 Å². The van der Waals surface area contributed by atoms with Gasteiger partial charge in [0.1, 0.15) is 18.1 Å². The van der Waals surface area contributed by atoms with Crippen LogP contribution in [0.4, 0.5) is 0 Å². The second-order valence-electron chi connectivity index (χ2n) is 7.46. The summed E-state index contributed by atoms with van der Waals surface area (Å²) >= 11 is 0. The van der Waals surface area contributed by atoms with Gasteiger partial charge in [0, 0.05) is 0 Å². The second kappa shape index (κ2) is 15.9. The molecule has 4 unspecified atom stereocenters. The number of rotatable bonds is 17. The van der Waals surface area contributed by atoms with Crippen LogP contribution in [0.1, 0.15) is 51.9 Å². The molecule has 4 atom stereocenters. The highest BCUT2D eigenvalue weighted by molar-refractivity contribution is 5.94. The molecule has 0 heterocycles. The average Bonchev–Trinajstić information content (AvgIpc) is 2.71. The van der Waals surface area contributed by atoms with Gasteiger partial charge in [-0.3, -0.25) is 19.2 Å². The minimum absolute atomic E-state index is 0.146. The fourth-order valence-corrected chi connectivity index (χ4v) is 2.73. The van der Waals surface area contributed by atoms with E-state index in [1.54, 1.807) is 0 Å². The number of amides is 3. The SMILES string of the molecule is CC(NC(=O)C(N)CCCCN)C(=O)NC(CCCCN)C(=O)NC(CC(=O)O)C(=O)O. The van der Waals surface area contributed by atoms with Crippen LogP contribution in [0.25, 0.3) is 0 Å². The zero-order chi connectivity index (χ0) is 24.7. The number of aliphatic carboxylic acids is 2. The lowest BCUT2D eigenvalue weighted by Gasteiger charge is -2.23. The Morgan fingerprint density at radius 2 is 1.28 bits per heavy atom. The van der Waals surface area contributed by atoms with Gasteiger partial charge in [-0.05, 0) is 52.1 Å². The Hall–Kier alpha value is -2.77. The van der Waals surface area contributed by atoms with Gasteiger partial charge in [0.25, 0.3) is 0 Å². The molecule has 3 amide bonds. The monoisotopic (exact) mass is 460 g/mol. The van der Waals surface area contributed by atoms with E-state index in [0.29, 0.717) is 38.8 Å². The van der Waals surface area contributed by atoms with E-state index in [1.165, 1.54) is 6.92 Å². The number of hydrogen-bond donors (Lipinski definition) is 8. The number of nitrogens with one attached hydrogen (secondary N) is 3. The van der Waals surface area contributed by atoms with Gasteiger partial charge in [-0.25, -0.2) is 4.79 Å². The molecule has 0 radical (unpaired) electrons. The van der Waals surface area contributed by atoms with Crippen LogP contribution in [-0.4, -0.2) is 77.1 Å². The van der Waals surface area contributed by atoms with E-state index in [9.17, 15) is 24.0 Å². The van der Waals surface area contributed by atoms with E-state index in [0.717, 1.165) is 6.42 Å².